The monoisotopic (exact) mass is 409 g/mol. The molecule has 0 radical (unpaired) electrons. The molecule has 1 aliphatic rings. The van der Waals surface area contributed by atoms with Crippen LogP contribution in [0.5, 0.6) is 5.75 Å². The molecule has 1 N–H and O–H groups in total. The lowest BCUT2D eigenvalue weighted by Crippen LogP contribution is -2.42. The second kappa shape index (κ2) is 11.6. The molecule has 1 saturated carbocycles. The van der Waals surface area contributed by atoms with Crippen molar-refractivity contribution in [3.05, 3.63) is 28.7 Å². The number of carbonyl (C=O) groups is 1. The van der Waals surface area contributed by atoms with Crippen LogP contribution in [0.2, 0.25) is 0 Å². The Labute approximate surface area is 161 Å². The zero-order valence-electron chi connectivity index (χ0n) is 15.4. The fourth-order valence-corrected chi connectivity index (χ4v) is 3.80. The maximum Gasteiger partial charge on any atom is 0.260 e. The van der Waals surface area contributed by atoms with Crippen LogP contribution in [0.3, 0.4) is 0 Å². The molecule has 3 nitrogen and oxygen atoms in total. The molecule has 1 aliphatic carbocycles. The molecular weight excluding hydrogens is 378 g/mol. The molecule has 0 saturated heterocycles. The van der Waals surface area contributed by atoms with E-state index in [4.69, 9.17) is 4.74 Å². The van der Waals surface area contributed by atoms with Crippen molar-refractivity contribution in [1.82, 2.24) is 5.32 Å². The van der Waals surface area contributed by atoms with E-state index >= 15 is 0 Å². The van der Waals surface area contributed by atoms with Crippen LogP contribution in [-0.2, 0) is 4.79 Å². The highest BCUT2D eigenvalue weighted by molar-refractivity contribution is 9.10. The van der Waals surface area contributed by atoms with E-state index in [1.807, 2.05) is 31.2 Å². The van der Waals surface area contributed by atoms with E-state index < -0.39 is 6.10 Å². The number of ether oxygens (including phenoxy) is 1. The van der Waals surface area contributed by atoms with Crippen molar-refractivity contribution in [2.75, 3.05) is 0 Å². The number of benzene rings is 1. The molecule has 1 fully saturated rings. The third kappa shape index (κ3) is 8.26. The maximum absolute atomic E-state index is 12.5. The summed E-state index contributed by atoms with van der Waals surface area (Å²) in [7, 11) is 0. The van der Waals surface area contributed by atoms with E-state index in [1.165, 1.54) is 57.8 Å². The van der Waals surface area contributed by atoms with Crippen molar-refractivity contribution in [2.45, 2.75) is 89.7 Å². The van der Waals surface area contributed by atoms with Gasteiger partial charge in [0.15, 0.2) is 6.10 Å². The van der Waals surface area contributed by atoms with Crippen LogP contribution in [-0.4, -0.2) is 18.1 Å². The van der Waals surface area contributed by atoms with Crippen LogP contribution in [0, 0.1) is 0 Å². The molecule has 1 amide bonds. The van der Waals surface area contributed by atoms with Crippen LogP contribution < -0.4 is 10.1 Å². The Kier molecular flexibility index (Phi) is 9.38. The first-order valence-electron chi connectivity index (χ1n) is 9.88. The fourth-order valence-electron chi connectivity index (χ4n) is 3.42. The summed E-state index contributed by atoms with van der Waals surface area (Å²) >= 11 is 3.43. The molecule has 0 unspecified atom stereocenters. The molecule has 0 bridgehead atoms. The van der Waals surface area contributed by atoms with Crippen molar-refractivity contribution in [2.24, 2.45) is 0 Å². The van der Waals surface area contributed by atoms with Crippen molar-refractivity contribution in [1.29, 1.82) is 0 Å². The summed E-state index contributed by atoms with van der Waals surface area (Å²) in [4.78, 5) is 12.5. The van der Waals surface area contributed by atoms with Gasteiger partial charge >= 0.3 is 0 Å². The average molecular weight is 410 g/mol. The van der Waals surface area contributed by atoms with Gasteiger partial charge in [0, 0.05) is 10.5 Å². The van der Waals surface area contributed by atoms with E-state index in [1.54, 1.807) is 0 Å². The topological polar surface area (TPSA) is 38.3 Å². The third-order valence-corrected chi connectivity index (χ3v) is 5.42. The minimum absolute atomic E-state index is 0.00271. The summed E-state index contributed by atoms with van der Waals surface area (Å²) in [6.45, 7) is 1.83. The number of amides is 1. The van der Waals surface area contributed by atoms with Crippen molar-refractivity contribution >= 4 is 21.8 Å². The zero-order valence-corrected chi connectivity index (χ0v) is 17.0. The van der Waals surface area contributed by atoms with Crippen LogP contribution in [0.4, 0.5) is 0 Å². The lowest BCUT2D eigenvalue weighted by molar-refractivity contribution is -0.128. The predicted molar refractivity (Wildman–Crippen MR) is 107 cm³/mol. The highest BCUT2D eigenvalue weighted by Gasteiger charge is 2.19. The van der Waals surface area contributed by atoms with Gasteiger partial charge in [0.25, 0.3) is 5.91 Å². The third-order valence-electron chi connectivity index (χ3n) is 4.93. The van der Waals surface area contributed by atoms with Crippen LogP contribution in [0.1, 0.15) is 77.6 Å². The van der Waals surface area contributed by atoms with Gasteiger partial charge in [-0.25, -0.2) is 0 Å². The minimum Gasteiger partial charge on any atom is -0.481 e. The van der Waals surface area contributed by atoms with Gasteiger partial charge in [0.2, 0.25) is 0 Å². The number of carbonyl (C=O) groups excluding carboxylic acids is 1. The standard InChI is InChI=1S/C21H32BrNO2/c1-17(25-20-15-11-12-18(22)16-20)21(24)23-19-13-9-7-5-3-2-4-6-8-10-14-19/h11-12,15-17,19H,2-10,13-14H2,1H3,(H,23,24)/t17-/m1/s1. The molecule has 1 atom stereocenters. The van der Waals surface area contributed by atoms with E-state index in [0.717, 1.165) is 23.1 Å². The van der Waals surface area contributed by atoms with E-state index in [2.05, 4.69) is 21.2 Å². The summed E-state index contributed by atoms with van der Waals surface area (Å²) in [6.07, 6.45) is 13.5. The second-order valence-electron chi connectivity index (χ2n) is 7.18. The van der Waals surface area contributed by atoms with Crippen molar-refractivity contribution < 1.29 is 9.53 Å². The van der Waals surface area contributed by atoms with E-state index in [0.29, 0.717) is 6.04 Å². The number of halogens is 1. The first kappa shape index (κ1) is 20.3. The Morgan fingerprint density at radius 2 is 1.60 bits per heavy atom. The van der Waals surface area contributed by atoms with Crippen LogP contribution in [0.15, 0.2) is 28.7 Å². The molecular formula is C21H32BrNO2. The van der Waals surface area contributed by atoms with Gasteiger partial charge in [-0.05, 0) is 38.0 Å². The Morgan fingerprint density at radius 3 is 2.16 bits per heavy atom. The molecule has 25 heavy (non-hydrogen) atoms. The van der Waals surface area contributed by atoms with Crippen LogP contribution in [0.25, 0.3) is 0 Å². The Balaban J connectivity index is 1.82. The quantitative estimate of drug-likeness (QED) is 0.661. The molecule has 0 heterocycles. The summed E-state index contributed by atoms with van der Waals surface area (Å²) in [5, 5.41) is 3.23. The average Bonchev–Trinajstić information content (AvgIpc) is 2.57. The predicted octanol–water partition coefficient (Wildman–Crippen LogP) is 6.01. The largest absolute Gasteiger partial charge is 0.481 e. The molecule has 1 aromatic rings. The molecule has 2 rings (SSSR count). The van der Waals surface area contributed by atoms with Gasteiger partial charge < -0.3 is 10.1 Å². The highest BCUT2D eigenvalue weighted by Crippen LogP contribution is 2.20. The molecule has 0 aliphatic heterocycles. The molecule has 1 aromatic carbocycles. The SMILES string of the molecule is C[C@@H](Oc1cccc(Br)c1)C(=O)NC1CCCCCCCCCCC1. The van der Waals surface area contributed by atoms with Gasteiger partial charge in [0.05, 0.1) is 0 Å². The Hall–Kier alpha value is -1.03. The number of hydrogen-bond donors (Lipinski definition) is 1. The van der Waals surface area contributed by atoms with Gasteiger partial charge in [-0.15, -0.1) is 0 Å². The Bertz CT molecular complexity index is 508. The molecule has 140 valence electrons. The summed E-state index contributed by atoms with van der Waals surface area (Å²) in [5.41, 5.74) is 0. The first-order valence-corrected chi connectivity index (χ1v) is 10.7. The minimum atomic E-state index is -0.476. The van der Waals surface area contributed by atoms with Gasteiger partial charge in [-0.3, -0.25) is 4.79 Å². The molecule has 4 heteroatoms. The highest BCUT2D eigenvalue weighted by atomic mass is 79.9. The smallest absolute Gasteiger partial charge is 0.260 e. The molecule has 0 aromatic heterocycles. The van der Waals surface area contributed by atoms with Gasteiger partial charge in [0.1, 0.15) is 5.75 Å². The van der Waals surface area contributed by atoms with Crippen LogP contribution >= 0.6 is 15.9 Å². The second-order valence-corrected chi connectivity index (χ2v) is 8.10. The summed E-state index contributed by atoms with van der Waals surface area (Å²) in [6, 6.07) is 7.92. The maximum atomic E-state index is 12.5. The molecule has 0 spiro atoms. The number of rotatable bonds is 4. The number of nitrogens with one attached hydrogen (secondary N) is 1. The van der Waals surface area contributed by atoms with Crippen molar-refractivity contribution in [3.63, 3.8) is 0 Å². The zero-order chi connectivity index (χ0) is 17.9. The van der Waals surface area contributed by atoms with Crippen molar-refractivity contribution in [3.8, 4) is 5.75 Å². The summed E-state index contributed by atoms with van der Waals surface area (Å²) in [5.74, 6) is 0.716. The van der Waals surface area contributed by atoms with Gasteiger partial charge in [-0.1, -0.05) is 79.8 Å². The first-order chi connectivity index (χ1) is 12.1. The van der Waals surface area contributed by atoms with E-state index in [9.17, 15) is 4.79 Å². The normalized spacial score (nSPS) is 19.3. The lowest BCUT2D eigenvalue weighted by atomic mass is 9.98. The Morgan fingerprint density at radius 1 is 1.04 bits per heavy atom. The number of hydrogen-bond acceptors (Lipinski definition) is 2. The summed E-state index contributed by atoms with van der Waals surface area (Å²) < 4.78 is 6.75. The van der Waals surface area contributed by atoms with Gasteiger partial charge in [-0.2, -0.15) is 0 Å². The lowest BCUT2D eigenvalue weighted by Gasteiger charge is -2.22. The van der Waals surface area contributed by atoms with E-state index in [-0.39, 0.29) is 5.91 Å². The fraction of sp³-hybridized carbons (Fsp3) is 0.667.